The average Bonchev–Trinajstić information content (AvgIpc) is 1.42. The van der Waals surface area contributed by atoms with E-state index in [4.69, 9.17) is 8.83 Å². The third-order valence-corrected chi connectivity index (χ3v) is 36.3. The van der Waals surface area contributed by atoms with Crippen molar-refractivity contribution in [3.05, 3.63) is 358 Å². The summed E-state index contributed by atoms with van der Waals surface area (Å²) in [6.07, 6.45) is 0. The third kappa shape index (κ3) is 7.40. The monoisotopic (exact) mass is 1270 g/mol. The van der Waals surface area contributed by atoms with Crippen LogP contribution in [0.2, 0.25) is 0 Å². The number of hydrogen-bond donors (Lipinski definition) is 0. The predicted octanol–water partition coefficient (Wildman–Crippen LogP) is 14.7. The second kappa shape index (κ2) is 21.2. The smallest absolute Gasteiger partial charge is 0.180 e. The minimum atomic E-state index is -3.52. The van der Waals surface area contributed by atoms with E-state index in [0.717, 1.165) is 61.3 Å². The molecule has 3 nitrogen and oxygen atoms in total. The molecule has 0 atom stereocenters. The Kier molecular flexibility index (Phi) is 12.1. The Labute approximate surface area is 559 Å². The van der Waals surface area contributed by atoms with Crippen molar-refractivity contribution in [2.24, 2.45) is 0 Å². The number of rotatable bonds is 10. The molecular weight excluding hydrogens is 1210 g/mol. The zero-order valence-corrected chi connectivity index (χ0v) is 55.3. The Morgan fingerprint density at radius 1 is 0.229 bits per heavy atom. The van der Waals surface area contributed by atoms with E-state index >= 15 is 0 Å². The minimum Gasteiger partial charge on any atom is -0.455 e. The zero-order valence-electron chi connectivity index (χ0n) is 52.3. The second-order valence-corrected chi connectivity index (χ2v) is 37.1. The van der Waals surface area contributed by atoms with Crippen LogP contribution in [0.25, 0.3) is 88.4 Å². The number of fused-ring (bicyclic) bond motifs is 19. The molecule has 0 aliphatic carbocycles. The van der Waals surface area contributed by atoms with Gasteiger partial charge >= 0.3 is 0 Å². The SMILES string of the molecule is c1ccc(-c2cc3c(c4c2oc2ccccc24)-c2ccc(N(c4ccccc4)c4ccc5c(c4)[Si](c4ccccc4)(c4ccccc4)c4c6c(c7oc8ccccc8c7c4-5)-c4ccccc4[Si]6(c4ccccc4)c4ccccc4)cc2[Si]3(c2ccccc2)c2ccccc2)cc1. The van der Waals surface area contributed by atoms with Crippen LogP contribution in [0.1, 0.15) is 0 Å². The van der Waals surface area contributed by atoms with Gasteiger partial charge in [-0.25, -0.2) is 0 Å². The van der Waals surface area contributed by atoms with E-state index < -0.39 is 24.2 Å². The summed E-state index contributed by atoms with van der Waals surface area (Å²) in [5.74, 6) is 0. The molecule has 0 N–H and O–H groups in total. The highest BCUT2D eigenvalue weighted by atomic mass is 28.3. The normalized spacial score (nSPS) is 14.1. The fraction of sp³-hybridized carbons (Fsp3) is 0. The minimum absolute atomic E-state index is 0.888. The molecule has 0 spiro atoms. The van der Waals surface area contributed by atoms with Gasteiger partial charge in [0.2, 0.25) is 0 Å². The molecule has 3 aliphatic heterocycles. The van der Waals surface area contributed by atoms with Crippen molar-refractivity contribution in [2.75, 3.05) is 4.90 Å². The van der Waals surface area contributed by atoms with Crippen LogP contribution >= 0.6 is 0 Å². The lowest BCUT2D eigenvalue weighted by atomic mass is 9.94. The molecule has 6 heteroatoms. The Bertz CT molecular complexity index is 5820. The summed E-state index contributed by atoms with van der Waals surface area (Å²) >= 11 is 0. The summed E-state index contributed by atoms with van der Waals surface area (Å²) in [5.41, 5.74) is 16.7. The van der Waals surface area contributed by atoms with Crippen LogP contribution in [0.4, 0.5) is 17.1 Å². The van der Waals surface area contributed by atoms with Crippen molar-refractivity contribution in [2.45, 2.75) is 0 Å². The number of anilines is 3. The van der Waals surface area contributed by atoms with E-state index in [9.17, 15) is 0 Å². The van der Waals surface area contributed by atoms with Crippen molar-refractivity contribution < 1.29 is 8.83 Å². The van der Waals surface area contributed by atoms with E-state index in [1.807, 2.05) is 0 Å². The molecule has 0 unspecified atom stereocenters. The molecule has 448 valence electrons. The lowest BCUT2D eigenvalue weighted by Gasteiger charge is -2.38. The fourth-order valence-corrected chi connectivity index (χ4v) is 34.8. The Morgan fingerprint density at radius 3 is 1.10 bits per heavy atom. The van der Waals surface area contributed by atoms with Crippen LogP contribution in [-0.2, 0) is 0 Å². The molecule has 0 saturated carbocycles. The highest BCUT2D eigenvalue weighted by Crippen LogP contribution is 2.49. The predicted molar refractivity (Wildman–Crippen MR) is 409 cm³/mol. The van der Waals surface area contributed by atoms with Crippen molar-refractivity contribution in [1.29, 1.82) is 0 Å². The van der Waals surface area contributed by atoms with Gasteiger partial charge in [0.05, 0.1) is 0 Å². The highest BCUT2D eigenvalue weighted by Gasteiger charge is 2.60. The molecule has 0 amide bonds. The van der Waals surface area contributed by atoms with Gasteiger partial charge in [0.1, 0.15) is 22.3 Å². The largest absolute Gasteiger partial charge is 0.455 e. The summed E-state index contributed by atoms with van der Waals surface area (Å²) in [7, 11) is -10.0. The molecule has 20 rings (SSSR count). The number of benzene rings is 15. The molecule has 0 radical (unpaired) electrons. The molecule has 17 aromatic rings. The summed E-state index contributed by atoms with van der Waals surface area (Å²) in [6.45, 7) is 0. The number of furan rings is 2. The lowest BCUT2D eigenvalue weighted by molar-refractivity contribution is 0.670. The molecule has 15 aromatic carbocycles. The van der Waals surface area contributed by atoms with Crippen molar-refractivity contribution in [3.8, 4) is 44.5 Å². The Balaban J connectivity index is 0.919. The van der Waals surface area contributed by atoms with E-state index in [2.05, 4.69) is 363 Å². The van der Waals surface area contributed by atoms with Gasteiger partial charge in [-0.3, -0.25) is 0 Å². The number of para-hydroxylation sites is 3. The van der Waals surface area contributed by atoms with Crippen LogP contribution in [0.15, 0.2) is 367 Å². The molecule has 96 heavy (non-hydrogen) atoms. The lowest BCUT2D eigenvalue weighted by Crippen LogP contribution is -2.82. The topological polar surface area (TPSA) is 29.5 Å². The van der Waals surface area contributed by atoms with Crippen LogP contribution in [0.3, 0.4) is 0 Å². The first-order valence-electron chi connectivity index (χ1n) is 33.3. The van der Waals surface area contributed by atoms with Gasteiger partial charge < -0.3 is 13.7 Å². The van der Waals surface area contributed by atoms with Crippen LogP contribution in [-0.4, -0.2) is 24.2 Å². The summed E-state index contributed by atoms with van der Waals surface area (Å²) < 4.78 is 14.7. The molecule has 0 bridgehead atoms. The molecule has 0 fully saturated rings. The maximum absolute atomic E-state index is 7.55. The quantitative estimate of drug-likeness (QED) is 0.128. The van der Waals surface area contributed by atoms with Crippen LogP contribution in [0.5, 0.6) is 0 Å². The van der Waals surface area contributed by atoms with Crippen molar-refractivity contribution in [1.82, 2.24) is 0 Å². The van der Waals surface area contributed by atoms with Crippen LogP contribution < -0.4 is 67.1 Å². The van der Waals surface area contributed by atoms with Gasteiger partial charge in [0.15, 0.2) is 24.2 Å². The second-order valence-electron chi connectivity index (χ2n) is 25.9. The third-order valence-electron chi connectivity index (χ3n) is 21.4. The van der Waals surface area contributed by atoms with Gasteiger partial charge in [-0.15, -0.1) is 0 Å². The van der Waals surface area contributed by atoms with Crippen molar-refractivity contribution >= 4 is 147 Å². The molecule has 0 saturated heterocycles. The van der Waals surface area contributed by atoms with E-state index in [-0.39, 0.29) is 0 Å². The van der Waals surface area contributed by atoms with Gasteiger partial charge in [-0.05, 0) is 150 Å². The van der Waals surface area contributed by atoms with Gasteiger partial charge in [0.25, 0.3) is 0 Å². The standard InChI is InChI=1S/C90H59NO2Si3/c1-9-31-60(32-10-1)75-59-81-82(83-70-47-25-28-50-76(70)92-87(75)83)73-55-53-62(57-79(73)94(81,64-35-13-3-14-36-64)65-37-15-4-16-38-65)91(61-33-11-2-12-34-61)63-54-56-74-80(58-63)96(68-43-21-7-22-44-68,69-45-23-8-24-46-69)89-85(74)84-71-48-26-29-51-77(71)93-88(84)86-72-49-27-30-52-78(72)95(90(86)89,66-39-17-5-18-40-66)67-41-19-6-20-42-67/h1-59H. The first kappa shape index (κ1) is 54.9. The van der Waals surface area contributed by atoms with Gasteiger partial charge in [0, 0.05) is 49.7 Å². The van der Waals surface area contributed by atoms with E-state index in [0.29, 0.717) is 0 Å². The van der Waals surface area contributed by atoms with E-state index in [1.54, 1.807) is 0 Å². The van der Waals surface area contributed by atoms with E-state index in [1.165, 1.54) is 106 Å². The molecule has 2 aromatic heterocycles. The number of hydrogen-bond acceptors (Lipinski definition) is 3. The summed E-state index contributed by atoms with van der Waals surface area (Å²) in [5, 5.41) is 21.1. The molecule has 3 aliphatic rings. The number of nitrogens with zero attached hydrogens (tertiary/aromatic N) is 1. The van der Waals surface area contributed by atoms with Gasteiger partial charge in [-0.1, -0.05) is 303 Å². The van der Waals surface area contributed by atoms with Crippen molar-refractivity contribution in [3.63, 3.8) is 0 Å². The maximum Gasteiger partial charge on any atom is 0.180 e. The summed E-state index contributed by atoms with van der Waals surface area (Å²) in [6, 6.07) is 136. The zero-order chi connectivity index (χ0) is 63.1. The first-order valence-corrected chi connectivity index (χ1v) is 39.3. The Hall–Kier alpha value is -11.6. The highest BCUT2D eigenvalue weighted by molar-refractivity contribution is 7.30. The average molecular weight is 1270 g/mol. The maximum atomic E-state index is 7.55. The van der Waals surface area contributed by atoms with Gasteiger partial charge in [-0.2, -0.15) is 0 Å². The fourth-order valence-electron chi connectivity index (χ4n) is 17.9. The molecular formula is C90H59NO2Si3. The Morgan fingerprint density at radius 2 is 0.594 bits per heavy atom. The first-order chi connectivity index (χ1) is 47.7. The molecule has 5 heterocycles. The van der Waals surface area contributed by atoms with Crippen LogP contribution in [0, 0.1) is 0 Å². The summed E-state index contributed by atoms with van der Waals surface area (Å²) in [4.78, 5) is 2.56.